The van der Waals surface area contributed by atoms with Crippen molar-refractivity contribution in [3.8, 4) is 0 Å². The topological polar surface area (TPSA) is 36.4 Å². The van der Waals surface area contributed by atoms with Crippen molar-refractivity contribution in [1.82, 2.24) is 14.8 Å². The molecule has 0 spiro atoms. The molecule has 21 heavy (non-hydrogen) atoms. The van der Waals surface area contributed by atoms with Gasteiger partial charge in [-0.2, -0.15) is 0 Å². The van der Waals surface area contributed by atoms with Gasteiger partial charge in [0.1, 0.15) is 0 Å². The number of carbonyl (C=O) groups is 1. The summed E-state index contributed by atoms with van der Waals surface area (Å²) in [5.41, 5.74) is 2.43. The van der Waals surface area contributed by atoms with Gasteiger partial charge in [-0.3, -0.25) is 14.7 Å². The van der Waals surface area contributed by atoms with Crippen LogP contribution in [0, 0.1) is 6.92 Å². The highest BCUT2D eigenvalue weighted by molar-refractivity contribution is 5.74. The molecule has 4 heteroatoms. The third-order valence-electron chi connectivity index (χ3n) is 4.79. The van der Waals surface area contributed by atoms with Gasteiger partial charge in [0, 0.05) is 44.0 Å². The molecule has 1 aliphatic carbocycles. The van der Waals surface area contributed by atoms with E-state index in [4.69, 9.17) is 0 Å². The summed E-state index contributed by atoms with van der Waals surface area (Å²) in [6.45, 7) is 6.78. The Morgan fingerprint density at radius 2 is 2.24 bits per heavy atom. The van der Waals surface area contributed by atoms with Gasteiger partial charge in [0.2, 0.25) is 5.91 Å². The highest BCUT2D eigenvalue weighted by atomic mass is 16.2. The van der Waals surface area contributed by atoms with E-state index in [1.165, 1.54) is 31.2 Å². The number of likely N-dealkylation sites (tertiary alicyclic amines) is 1. The zero-order valence-corrected chi connectivity index (χ0v) is 13.1. The molecular formula is C17H25N3O. The molecular weight excluding hydrogens is 262 g/mol. The van der Waals surface area contributed by atoms with Gasteiger partial charge < -0.3 is 4.90 Å². The molecule has 1 saturated heterocycles. The van der Waals surface area contributed by atoms with Crippen molar-refractivity contribution < 1.29 is 4.79 Å². The molecule has 2 aliphatic rings. The van der Waals surface area contributed by atoms with Crippen molar-refractivity contribution in [2.24, 2.45) is 0 Å². The number of hydrogen-bond donors (Lipinski definition) is 0. The zero-order chi connectivity index (χ0) is 14.8. The Morgan fingerprint density at radius 3 is 2.90 bits per heavy atom. The van der Waals surface area contributed by atoms with Gasteiger partial charge in [-0.1, -0.05) is 6.07 Å². The van der Waals surface area contributed by atoms with E-state index in [0.717, 1.165) is 25.3 Å². The summed E-state index contributed by atoms with van der Waals surface area (Å²) in [5.74, 6) is 0.238. The lowest BCUT2D eigenvalue weighted by Crippen LogP contribution is -2.43. The molecule has 0 N–H and O–H groups in total. The van der Waals surface area contributed by atoms with E-state index in [-0.39, 0.29) is 5.91 Å². The minimum atomic E-state index is 0.238. The molecule has 0 unspecified atom stereocenters. The van der Waals surface area contributed by atoms with Crippen LogP contribution in [0.25, 0.3) is 0 Å². The van der Waals surface area contributed by atoms with Gasteiger partial charge in [0.05, 0.1) is 0 Å². The minimum absolute atomic E-state index is 0.238. The number of carbonyl (C=O) groups excluding carboxylic acids is 1. The second-order valence-corrected chi connectivity index (χ2v) is 6.42. The number of pyridine rings is 1. The van der Waals surface area contributed by atoms with Gasteiger partial charge in [-0.25, -0.2) is 0 Å². The van der Waals surface area contributed by atoms with Crippen LogP contribution in [0.1, 0.15) is 43.9 Å². The highest BCUT2D eigenvalue weighted by Gasteiger charge is 2.35. The molecule has 0 aromatic carbocycles. The first-order chi connectivity index (χ1) is 10.1. The largest absolute Gasteiger partial charge is 0.338 e. The Balaban J connectivity index is 1.65. The van der Waals surface area contributed by atoms with E-state index in [2.05, 4.69) is 27.8 Å². The van der Waals surface area contributed by atoms with Crippen molar-refractivity contribution >= 4 is 5.91 Å². The number of amides is 1. The first kappa shape index (κ1) is 14.5. The van der Waals surface area contributed by atoms with Crippen LogP contribution in [0.4, 0.5) is 0 Å². The molecule has 2 heterocycles. The predicted molar refractivity (Wildman–Crippen MR) is 82.8 cm³/mol. The number of hydrogen-bond acceptors (Lipinski definition) is 3. The van der Waals surface area contributed by atoms with Crippen LogP contribution in [0.3, 0.4) is 0 Å². The van der Waals surface area contributed by atoms with Crippen molar-refractivity contribution in [2.75, 3.05) is 13.1 Å². The Morgan fingerprint density at radius 1 is 1.43 bits per heavy atom. The Hall–Kier alpha value is -1.42. The minimum Gasteiger partial charge on any atom is -0.338 e. The summed E-state index contributed by atoms with van der Waals surface area (Å²) in [5, 5.41) is 0. The summed E-state index contributed by atoms with van der Waals surface area (Å²) >= 11 is 0. The van der Waals surface area contributed by atoms with E-state index in [1.807, 2.05) is 12.3 Å². The lowest BCUT2D eigenvalue weighted by Gasteiger charge is -2.30. The average molecular weight is 287 g/mol. The maximum atomic E-state index is 11.8. The fourth-order valence-electron chi connectivity index (χ4n) is 3.36. The van der Waals surface area contributed by atoms with E-state index in [1.54, 1.807) is 6.92 Å². The van der Waals surface area contributed by atoms with E-state index in [0.29, 0.717) is 12.1 Å². The van der Waals surface area contributed by atoms with Crippen molar-refractivity contribution in [3.63, 3.8) is 0 Å². The lowest BCUT2D eigenvalue weighted by molar-refractivity contribution is -0.130. The lowest BCUT2D eigenvalue weighted by atomic mass is 10.1. The Bertz CT molecular complexity index is 513. The van der Waals surface area contributed by atoms with Crippen molar-refractivity contribution in [2.45, 2.75) is 58.2 Å². The second kappa shape index (κ2) is 6.14. The quantitative estimate of drug-likeness (QED) is 0.834. The molecule has 1 saturated carbocycles. The summed E-state index contributed by atoms with van der Waals surface area (Å²) in [7, 11) is 0. The molecule has 114 valence electrons. The number of aryl methyl sites for hydroxylation is 1. The second-order valence-electron chi connectivity index (χ2n) is 6.42. The fraction of sp³-hybridized carbons (Fsp3) is 0.647. The summed E-state index contributed by atoms with van der Waals surface area (Å²) in [6.07, 6.45) is 6.67. The summed E-state index contributed by atoms with van der Waals surface area (Å²) in [4.78, 5) is 20.8. The average Bonchev–Trinajstić information content (AvgIpc) is 3.20. The number of aromatic nitrogens is 1. The van der Waals surface area contributed by atoms with Gasteiger partial charge in [-0.15, -0.1) is 0 Å². The molecule has 1 aromatic rings. The van der Waals surface area contributed by atoms with Crippen molar-refractivity contribution in [1.29, 1.82) is 0 Å². The molecule has 3 rings (SSSR count). The van der Waals surface area contributed by atoms with Crippen LogP contribution in [0.2, 0.25) is 0 Å². The van der Waals surface area contributed by atoms with E-state index >= 15 is 0 Å². The van der Waals surface area contributed by atoms with Crippen LogP contribution in [-0.2, 0) is 11.3 Å². The smallest absolute Gasteiger partial charge is 0.219 e. The first-order valence-corrected chi connectivity index (χ1v) is 8.07. The van der Waals surface area contributed by atoms with E-state index < -0.39 is 0 Å². The molecule has 0 radical (unpaired) electrons. The SMILES string of the molecule is CC(=O)N(C[C@@H]1CCCN1Cc1cccnc1C)C1CC1. The monoisotopic (exact) mass is 287 g/mol. The Labute approximate surface area is 127 Å². The fourth-order valence-corrected chi connectivity index (χ4v) is 3.36. The van der Waals surface area contributed by atoms with Gasteiger partial charge in [-0.05, 0) is 50.8 Å². The van der Waals surface area contributed by atoms with Crippen LogP contribution in [0.5, 0.6) is 0 Å². The third kappa shape index (κ3) is 3.43. The van der Waals surface area contributed by atoms with Gasteiger partial charge in [0.15, 0.2) is 0 Å². The maximum Gasteiger partial charge on any atom is 0.219 e. The maximum absolute atomic E-state index is 11.8. The molecule has 4 nitrogen and oxygen atoms in total. The van der Waals surface area contributed by atoms with Gasteiger partial charge in [0.25, 0.3) is 0 Å². The predicted octanol–water partition coefficient (Wildman–Crippen LogP) is 2.37. The highest BCUT2D eigenvalue weighted by Crippen LogP contribution is 2.29. The van der Waals surface area contributed by atoms with Gasteiger partial charge >= 0.3 is 0 Å². The van der Waals surface area contributed by atoms with Crippen molar-refractivity contribution in [3.05, 3.63) is 29.6 Å². The number of rotatable bonds is 5. The molecule has 1 amide bonds. The normalized spacial score (nSPS) is 22.5. The molecule has 1 aromatic heterocycles. The standard InChI is InChI=1S/C17H25N3O/c1-13-15(5-3-9-18-13)11-19-10-4-6-17(19)12-20(14(2)21)16-7-8-16/h3,5,9,16-17H,4,6-8,10-12H2,1-2H3/t17-/m0/s1. The first-order valence-electron chi connectivity index (χ1n) is 8.07. The van der Waals surface area contributed by atoms with Crippen LogP contribution < -0.4 is 0 Å². The van der Waals surface area contributed by atoms with Crippen LogP contribution >= 0.6 is 0 Å². The third-order valence-corrected chi connectivity index (χ3v) is 4.79. The zero-order valence-electron chi connectivity index (χ0n) is 13.1. The van der Waals surface area contributed by atoms with E-state index in [9.17, 15) is 4.79 Å². The molecule has 2 fully saturated rings. The number of nitrogens with zero attached hydrogens (tertiary/aromatic N) is 3. The van der Waals surface area contributed by atoms with Crippen LogP contribution in [-0.4, -0.2) is 45.9 Å². The van der Waals surface area contributed by atoms with Crippen LogP contribution in [0.15, 0.2) is 18.3 Å². The Kier molecular flexibility index (Phi) is 4.24. The summed E-state index contributed by atoms with van der Waals surface area (Å²) in [6, 6.07) is 5.21. The molecule has 0 bridgehead atoms. The molecule has 1 atom stereocenters. The summed E-state index contributed by atoms with van der Waals surface area (Å²) < 4.78 is 0. The molecule has 1 aliphatic heterocycles.